The lowest BCUT2D eigenvalue weighted by Crippen LogP contribution is -2.22. The van der Waals surface area contributed by atoms with Gasteiger partial charge in [0.1, 0.15) is 5.52 Å². The van der Waals surface area contributed by atoms with Gasteiger partial charge in [-0.05, 0) is 32.0 Å². The van der Waals surface area contributed by atoms with Gasteiger partial charge in [-0.3, -0.25) is 9.36 Å². The summed E-state index contributed by atoms with van der Waals surface area (Å²) in [5, 5.41) is 4.67. The molecule has 0 fully saturated rings. The number of nitrogens with one attached hydrogen (secondary N) is 1. The van der Waals surface area contributed by atoms with Crippen molar-refractivity contribution < 1.29 is 14.0 Å². The minimum Gasteiger partial charge on any atom is -0.493 e. The second-order valence-corrected chi connectivity index (χ2v) is 7.44. The van der Waals surface area contributed by atoms with Crippen LogP contribution in [0.2, 0.25) is 0 Å². The van der Waals surface area contributed by atoms with E-state index in [2.05, 4.69) is 20.1 Å². The molecule has 0 aliphatic carbocycles. The van der Waals surface area contributed by atoms with Crippen LogP contribution in [0, 0.1) is 6.92 Å². The second kappa shape index (κ2) is 8.23. The SMILES string of the molecule is CCn1c(SCc2nc(-c3cccc(OC)c3OC)no2)nc2cc(C)[nH]c2c1=O. The average molecular weight is 427 g/mol. The zero-order valence-electron chi connectivity index (χ0n) is 17.1. The maximum absolute atomic E-state index is 12.7. The van der Waals surface area contributed by atoms with Crippen molar-refractivity contribution >= 4 is 22.8 Å². The lowest BCUT2D eigenvalue weighted by atomic mass is 10.2. The topological polar surface area (TPSA) is 108 Å². The third-order valence-electron chi connectivity index (χ3n) is 4.59. The number of nitrogens with zero attached hydrogens (tertiary/aromatic N) is 4. The number of H-pyrrole nitrogens is 1. The maximum Gasteiger partial charge on any atom is 0.278 e. The van der Waals surface area contributed by atoms with Crippen molar-refractivity contribution in [2.45, 2.75) is 31.3 Å². The van der Waals surface area contributed by atoms with Crippen LogP contribution in [0.5, 0.6) is 11.5 Å². The van der Waals surface area contributed by atoms with E-state index in [-0.39, 0.29) is 5.56 Å². The average Bonchev–Trinajstić information content (AvgIpc) is 3.37. The molecule has 0 saturated heterocycles. The Bertz CT molecular complexity index is 1260. The van der Waals surface area contributed by atoms with E-state index >= 15 is 0 Å². The van der Waals surface area contributed by atoms with Crippen LogP contribution in [-0.2, 0) is 12.3 Å². The molecule has 0 radical (unpaired) electrons. The van der Waals surface area contributed by atoms with Crippen molar-refractivity contribution in [3.05, 3.63) is 46.2 Å². The number of methoxy groups -OCH3 is 2. The smallest absolute Gasteiger partial charge is 0.278 e. The van der Waals surface area contributed by atoms with Crippen LogP contribution in [0.15, 0.2) is 38.7 Å². The van der Waals surface area contributed by atoms with Gasteiger partial charge in [-0.2, -0.15) is 4.98 Å². The van der Waals surface area contributed by atoms with E-state index in [9.17, 15) is 4.79 Å². The molecule has 0 aliphatic rings. The first-order valence-corrected chi connectivity index (χ1v) is 10.3. The van der Waals surface area contributed by atoms with Crippen LogP contribution in [0.4, 0.5) is 0 Å². The number of fused-ring (bicyclic) bond motifs is 1. The summed E-state index contributed by atoms with van der Waals surface area (Å²) in [5.74, 6) is 2.32. The maximum atomic E-state index is 12.7. The Morgan fingerprint density at radius 3 is 2.80 bits per heavy atom. The lowest BCUT2D eigenvalue weighted by molar-refractivity contribution is 0.355. The summed E-state index contributed by atoms with van der Waals surface area (Å²) in [7, 11) is 3.13. The Morgan fingerprint density at radius 2 is 2.07 bits per heavy atom. The van der Waals surface area contributed by atoms with E-state index in [0.29, 0.717) is 57.3 Å². The summed E-state index contributed by atoms with van der Waals surface area (Å²) in [6, 6.07) is 7.33. The Balaban J connectivity index is 1.61. The summed E-state index contributed by atoms with van der Waals surface area (Å²) in [5.41, 5.74) is 2.64. The third kappa shape index (κ3) is 3.54. The molecule has 0 unspecified atom stereocenters. The van der Waals surface area contributed by atoms with E-state index in [0.717, 1.165) is 5.69 Å². The molecule has 30 heavy (non-hydrogen) atoms. The van der Waals surface area contributed by atoms with E-state index < -0.39 is 0 Å². The van der Waals surface area contributed by atoms with Gasteiger partial charge in [0.15, 0.2) is 16.7 Å². The number of para-hydroxylation sites is 1. The summed E-state index contributed by atoms with van der Waals surface area (Å²) in [6.45, 7) is 4.32. The number of hydrogen-bond donors (Lipinski definition) is 1. The number of aromatic amines is 1. The first kappa shape index (κ1) is 20.0. The van der Waals surface area contributed by atoms with Gasteiger partial charge in [0, 0.05) is 12.2 Å². The summed E-state index contributed by atoms with van der Waals surface area (Å²) < 4.78 is 17.8. The lowest BCUT2D eigenvalue weighted by Gasteiger charge is -2.09. The highest BCUT2D eigenvalue weighted by Gasteiger charge is 2.18. The fraction of sp³-hybridized carbons (Fsp3) is 0.300. The molecule has 4 aromatic rings. The van der Waals surface area contributed by atoms with Gasteiger partial charge in [-0.25, -0.2) is 4.98 Å². The number of rotatable bonds is 7. The Morgan fingerprint density at radius 1 is 1.23 bits per heavy atom. The minimum atomic E-state index is -0.0922. The zero-order chi connectivity index (χ0) is 21.3. The molecule has 4 rings (SSSR count). The van der Waals surface area contributed by atoms with Gasteiger partial charge in [0.05, 0.1) is 31.1 Å². The van der Waals surface area contributed by atoms with Gasteiger partial charge in [0.2, 0.25) is 11.7 Å². The highest BCUT2D eigenvalue weighted by molar-refractivity contribution is 7.98. The largest absolute Gasteiger partial charge is 0.493 e. The van der Waals surface area contributed by atoms with Gasteiger partial charge < -0.3 is 19.0 Å². The Kier molecular flexibility index (Phi) is 5.49. The predicted molar refractivity (Wildman–Crippen MR) is 113 cm³/mol. The van der Waals surface area contributed by atoms with E-state index in [1.165, 1.54) is 11.8 Å². The molecule has 1 N–H and O–H groups in total. The quantitative estimate of drug-likeness (QED) is 0.353. The number of aromatic nitrogens is 5. The molecule has 0 atom stereocenters. The molecule has 0 saturated carbocycles. The highest BCUT2D eigenvalue weighted by atomic mass is 32.2. The molecular weight excluding hydrogens is 406 g/mol. The Labute approximate surface area is 176 Å². The number of thioether (sulfide) groups is 1. The van der Waals surface area contributed by atoms with Gasteiger partial charge >= 0.3 is 0 Å². The molecule has 1 aromatic carbocycles. The highest BCUT2D eigenvalue weighted by Crippen LogP contribution is 2.36. The molecule has 0 bridgehead atoms. The van der Waals surface area contributed by atoms with Crippen molar-refractivity contribution in [1.29, 1.82) is 0 Å². The molecule has 10 heteroatoms. The van der Waals surface area contributed by atoms with Gasteiger partial charge in [0.25, 0.3) is 5.56 Å². The molecule has 3 heterocycles. The number of ether oxygens (including phenoxy) is 2. The standard InChI is InChI=1S/C20H21N5O4S/c1-5-25-19(26)16-13(9-11(2)21-16)22-20(25)30-10-15-23-18(24-29-15)12-7-6-8-14(27-3)17(12)28-4/h6-9,21H,5,10H2,1-4H3. The van der Waals surface area contributed by atoms with Crippen LogP contribution < -0.4 is 15.0 Å². The summed E-state index contributed by atoms with van der Waals surface area (Å²) in [4.78, 5) is 24.9. The molecule has 0 aliphatic heterocycles. The van der Waals surface area contributed by atoms with Crippen molar-refractivity contribution in [2.24, 2.45) is 0 Å². The zero-order valence-corrected chi connectivity index (χ0v) is 17.9. The molecule has 156 valence electrons. The van der Waals surface area contributed by atoms with Crippen LogP contribution in [-0.4, -0.2) is 38.9 Å². The normalized spacial score (nSPS) is 11.2. The van der Waals surface area contributed by atoms with Crippen LogP contribution >= 0.6 is 11.8 Å². The molecule has 9 nitrogen and oxygen atoms in total. The molecular formula is C20H21N5O4S. The fourth-order valence-corrected chi connectivity index (χ4v) is 4.11. The monoisotopic (exact) mass is 427 g/mol. The van der Waals surface area contributed by atoms with Crippen molar-refractivity contribution in [2.75, 3.05) is 14.2 Å². The second-order valence-electron chi connectivity index (χ2n) is 6.50. The first-order chi connectivity index (χ1) is 14.5. The molecule has 0 spiro atoms. The first-order valence-electron chi connectivity index (χ1n) is 9.32. The van der Waals surface area contributed by atoms with Crippen LogP contribution in [0.3, 0.4) is 0 Å². The molecule has 3 aromatic heterocycles. The van der Waals surface area contributed by atoms with E-state index in [1.54, 1.807) is 24.9 Å². The third-order valence-corrected chi connectivity index (χ3v) is 5.55. The van der Waals surface area contributed by atoms with Gasteiger partial charge in [-0.1, -0.05) is 23.0 Å². The van der Waals surface area contributed by atoms with E-state index in [4.69, 9.17) is 14.0 Å². The van der Waals surface area contributed by atoms with Crippen LogP contribution in [0.25, 0.3) is 22.4 Å². The number of hydrogen-bond acceptors (Lipinski definition) is 8. The number of aryl methyl sites for hydroxylation is 1. The summed E-state index contributed by atoms with van der Waals surface area (Å²) >= 11 is 1.37. The molecule has 0 amide bonds. The summed E-state index contributed by atoms with van der Waals surface area (Å²) in [6.07, 6.45) is 0. The fourth-order valence-electron chi connectivity index (χ4n) is 3.21. The predicted octanol–water partition coefficient (Wildman–Crippen LogP) is 3.41. The Hall–Kier alpha value is -3.27. The van der Waals surface area contributed by atoms with Gasteiger partial charge in [-0.15, -0.1) is 0 Å². The van der Waals surface area contributed by atoms with Crippen molar-refractivity contribution in [1.82, 2.24) is 24.7 Å². The van der Waals surface area contributed by atoms with Crippen molar-refractivity contribution in [3.8, 4) is 22.9 Å². The van der Waals surface area contributed by atoms with Crippen molar-refractivity contribution in [3.63, 3.8) is 0 Å². The van der Waals surface area contributed by atoms with E-state index in [1.807, 2.05) is 32.0 Å². The number of benzene rings is 1. The van der Waals surface area contributed by atoms with Crippen LogP contribution in [0.1, 0.15) is 18.5 Å². The minimum absolute atomic E-state index is 0.0922.